The number of para-hydroxylation sites is 1. The molecule has 0 saturated carbocycles. The summed E-state index contributed by atoms with van der Waals surface area (Å²) in [6.45, 7) is 3.76. The first-order chi connectivity index (χ1) is 13.7. The van der Waals surface area contributed by atoms with Crippen LogP contribution < -0.4 is 15.0 Å². The molecule has 0 aliphatic carbocycles. The molecule has 2 aromatic rings. The van der Waals surface area contributed by atoms with Crippen LogP contribution in [-0.2, 0) is 4.79 Å². The highest BCUT2D eigenvalue weighted by Gasteiger charge is 2.20. The van der Waals surface area contributed by atoms with Gasteiger partial charge < -0.3 is 15.0 Å². The number of benzene rings is 2. The first kappa shape index (κ1) is 20.1. The SMILES string of the molecule is COc1cccc(N2CCN(CC(=O)Nc3ccccc3SCC#N)CC2)c1. The van der Waals surface area contributed by atoms with Crippen LogP contribution in [0.3, 0.4) is 0 Å². The molecule has 1 aliphatic heterocycles. The van der Waals surface area contributed by atoms with Crippen molar-refractivity contribution in [2.75, 3.05) is 55.8 Å². The van der Waals surface area contributed by atoms with E-state index < -0.39 is 0 Å². The Labute approximate surface area is 170 Å². The number of thioether (sulfide) groups is 1. The number of methoxy groups -OCH3 is 1. The standard InChI is InChI=1S/C21H24N4O2S/c1-27-18-6-4-5-17(15-18)25-12-10-24(11-13-25)16-21(26)23-19-7-2-3-8-20(19)28-14-9-22/h2-8,15H,10-14,16H2,1H3,(H,23,26). The van der Waals surface area contributed by atoms with Crippen LogP contribution in [-0.4, -0.2) is 56.4 Å². The van der Waals surface area contributed by atoms with E-state index in [1.165, 1.54) is 11.8 Å². The van der Waals surface area contributed by atoms with Crippen LogP contribution >= 0.6 is 11.8 Å². The highest BCUT2D eigenvalue weighted by atomic mass is 32.2. The summed E-state index contributed by atoms with van der Waals surface area (Å²) < 4.78 is 5.30. The van der Waals surface area contributed by atoms with Gasteiger partial charge in [-0.3, -0.25) is 9.69 Å². The van der Waals surface area contributed by atoms with Crippen LogP contribution in [0.4, 0.5) is 11.4 Å². The predicted octanol–water partition coefficient (Wildman–Crippen LogP) is 3.07. The maximum atomic E-state index is 12.5. The number of carbonyl (C=O) groups excluding carboxylic acids is 1. The Morgan fingerprint density at radius 3 is 2.71 bits per heavy atom. The second-order valence-electron chi connectivity index (χ2n) is 6.46. The van der Waals surface area contributed by atoms with Gasteiger partial charge in [-0.1, -0.05) is 18.2 Å². The summed E-state index contributed by atoms with van der Waals surface area (Å²) in [7, 11) is 1.67. The zero-order valence-corrected chi connectivity index (χ0v) is 16.7. The lowest BCUT2D eigenvalue weighted by Crippen LogP contribution is -2.48. The number of piperazine rings is 1. The fourth-order valence-electron chi connectivity index (χ4n) is 3.17. The molecule has 2 aromatic carbocycles. The van der Waals surface area contributed by atoms with E-state index in [2.05, 4.69) is 27.3 Å². The topological polar surface area (TPSA) is 68.6 Å². The van der Waals surface area contributed by atoms with Gasteiger partial charge >= 0.3 is 0 Å². The fraction of sp³-hybridized carbons (Fsp3) is 0.333. The van der Waals surface area contributed by atoms with Crippen molar-refractivity contribution in [1.29, 1.82) is 5.26 Å². The number of hydrogen-bond donors (Lipinski definition) is 1. The highest BCUT2D eigenvalue weighted by Crippen LogP contribution is 2.26. The maximum absolute atomic E-state index is 12.5. The highest BCUT2D eigenvalue weighted by molar-refractivity contribution is 7.99. The maximum Gasteiger partial charge on any atom is 0.238 e. The Bertz CT molecular complexity index is 844. The normalized spacial score (nSPS) is 14.4. The van der Waals surface area contributed by atoms with Crippen molar-refractivity contribution >= 4 is 29.0 Å². The molecular formula is C21H24N4O2S. The first-order valence-electron chi connectivity index (χ1n) is 9.19. The predicted molar refractivity (Wildman–Crippen MR) is 113 cm³/mol. The molecule has 7 heteroatoms. The van der Waals surface area contributed by atoms with E-state index >= 15 is 0 Å². The third-order valence-corrected chi connectivity index (χ3v) is 5.55. The molecule has 1 saturated heterocycles. The van der Waals surface area contributed by atoms with Crippen LogP contribution in [0.1, 0.15) is 0 Å². The molecule has 0 atom stereocenters. The van der Waals surface area contributed by atoms with Gasteiger partial charge in [0.25, 0.3) is 0 Å². The summed E-state index contributed by atoms with van der Waals surface area (Å²) in [5.74, 6) is 1.19. The molecule has 1 aliphatic rings. The fourth-order valence-corrected chi connectivity index (χ4v) is 3.84. The summed E-state index contributed by atoms with van der Waals surface area (Å²) in [5.41, 5.74) is 1.91. The van der Waals surface area contributed by atoms with E-state index in [-0.39, 0.29) is 5.91 Å². The average molecular weight is 397 g/mol. The molecule has 0 radical (unpaired) electrons. The van der Waals surface area contributed by atoms with Crippen molar-refractivity contribution in [3.05, 3.63) is 48.5 Å². The van der Waals surface area contributed by atoms with Gasteiger partial charge in [0.1, 0.15) is 5.75 Å². The lowest BCUT2D eigenvalue weighted by Gasteiger charge is -2.35. The molecular weight excluding hydrogens is 372 g/mol. The molecule has 6 nitrogen and oxygen atoms in total. The Morgan fingerprint density at radius 1 is 1.18 bits per heavy atom. The molecule has 0 unspecified atom stereocenters. The van der Waals surface area contributed by atoms with Gasteiger partial charge in [-0.2, -0.15) is 5.26 Å². The van der Waals surface area contributed by atoms with Crippen molar-refractivity contribution < 1.29 is 9.53 Å². The zero-order chi connectivity index (χ0) is 19.8. The van der Waals surface area contributed by atoms with Crippen LogP contribution in [0.2, 0.25) is 0 Å². The number of carbonyl (C=O) groups is 1. The Hall–Kier alpha value is -2.69. The number of nitrogens with zero attached hydrogens (tertiary/aromatic N) is 3. The molecule has 1 fully saturated rings. The Kier molecular flexibility index (Phi) is 7.18. The van der Waals surface area contributed by atoms with E-state index in [1.807, 2.05) is 42.5 Å². The second kappa shape index (κ2) is 10.0. The van der Waals surface area contributed by atoms with Crippen LogP contribution in [0, 0.1) is 11.3 Å². The molecule has 0 spiro atoms. The van der Waals surface area contributed by atoms with Crippen molar-refractivity contribution in [3.8, 4) is 11.8 Å². The molecule has 28 heavy (non-hydrogen) atoms. The van der Waals surface area contributed by atoms with Crippen LogP contribution in [0.25, 0.3) is 0 Å². The van der Waals surface area contributed by atoms with Gasteiger partial charge in [-0.15, -0.1) is 11.8 Å². The molecule has 0 bridgehead atoms. The van der Waals surface area contributed by atoms with E-state index in [1.54, 1.807) is 7.11 Å². The van der Waals surface area contributed by atoms with Crippen LogP contribution in [0.5, 0.6) is 5.75 Å². The zero-order valence-electron chi connectivity index (χ0n) is 15.9. The number of ether oxygens (including phenoxy) is 1. The van der Waals surface area contributed by atoms with E-state index in [0.29, 0.717) is 12.3 Å². The summed E-state index contributed by atoms with van der Waals surface area (Å²) in [6, 6.07) is 17.8. The summed E-state index contributed by atoms with van der Waals surface area (Å²) in [5, 5.41) is 11.8. The molecule has 1 heterocycles. The summed E-state index contributed by atoms with van der Waals surface area (Å²) >= 11 is 1.43. The molecule has 1 amide bonds. The average Bonchev–Trinajstić information content (AvgIpc) is 2.73. The molecule has 0 aromatic heterocycles. The van der Waals surface area contributed by atoms with Crippen molar-refractivity contribution in [2.24, 2.45) is 0 Å². The van der Waals surface area contributed by atoms with Crippen molar-refractivity contribution in [2.45, 2.75) is 4.90 Å². The third kappa shape index (κ3) is 5.41. The largest absolute Gasteiger partial charge is 0.497 e. The Morgan fingerprint density at radius 2 is 1.96 bits per heavy atom. The van der Waals surface area contributed by atoms with E-state index in [9.17, 15) is 4.79 Å². The third-order valence-electron chi connectivity index (χ3n) is 4.61. The van der Waals surface area contributed by atoms with E-state index in [0.717, 1.165) is 48.2 Å². The minimum atomic E-state index is -0.0279. The minimum absolute atomic E-state index is 0.0279. The molecule has 1 N–H and O–H groups in total. The van der Waals surface area contributed by atoms with Gasteiger partial charge in [-0.05, 0) is 24.3 Å². The molecule has 3 rings (SSSR count). The second-order valence-corrected chi connectivity index (χ2v) is 7.47. The monoisotopic (exact) mass is 396 g/mol. The van der Waals surface area contributed by atoms with Gasteiger partial charge in [-0.25, -0.2) is 0 Å². The Balaban J connectivity index is 1.51. The lowest BCUT2D eigenvalue weighted by molar-refractivity contribution is -0.117. The van der Waals surface area contributed by atoms with Gasteiger partial charge in [0.2, 0.25) is 5.91 Å². The van der Waals surface area contributed by atoms with Crippen LogP contribution in [0.15, 0.2) is 53.4 Å². The summed E-state index contributed by atoms with van der Waals surface area (Å²) in [6.07, 6.45) is 0. The number of anilines is 2. The number of nitriles is 1. The smallest absolute Gasteiger partial charge is 0.238 e. The number of amides is 1. The minimum Gasteiger partial charge on any atom is -0.497 e. The first-order valence-corrected chi connectivity index (χ1v) is 10.2. The van der Waals surface area contributed by atoms with Crippen molar-refractivity contribution in [3.63, 3.8) is 0 Å². The number of hydrogen-bond acceptors (Lipinski definition) is 6. The molecule has 146 valence electrons. The van der Waals surface area contributed by atoms with E-state index in [4.69, 9.17) is 10.00 Å². The number of rotatable bonds is 7. The van der Waals surface area contributed by atoms with Crippen molar-refractivity contribution in [1.82, 2.24) is 4.90 Å². The van der Waals surface area contributed by atoms with Gasteiger partial charge in [0.05, 0.1) is 31.2 Å². The lowest BCUT2D eigenvalue weighted by atomic mass is 10.2. The van der Waals surface area contributed by atoms with Gasteiger partial charge in [0, 0.05) is 42.8 Å². The van der Waals surface area contributed by atoms with Gasteiger partial charge in [0.15, 0.2) is 0 Å². The summed E-state index contributed by atoms with van der Waals surface area (Å²) in [4.78, 5) is 17.9. The number of nitrogens with one attached hydrogen (secondary N) is 1. The quantitative estimate of drug-likeness (QED) is 0.726.